The second-order valence-corrected chi connectivity index (χ2v) is 7.00. The minimum absolute atomic E-state index is 0.173. The van der Waals surface area contributed by atoms with Crippen molar-refractivity contribution in [3.8, 4) is 0 Å². The quantitative estimate of drug-likeness (QED) is 0.846. The van der Waals surface area contributed by atoms with E-state index in [0.717, 1.165) is 0 Å². The summed E-state index contributed by atoms with van der Waals surface area (Å²) >= 11 is 9.48. The monoisotopic (exact) mass is 387 g/mol. The molecular formula is C15H15BrClNO4. The zero-order chi connectivity index (χ0) is 15.9. The number of nitrogens with zero attached hydrogens (tertiary/aromatic N) is 1. The fourth-order valence-corrected chi connectivity index (χ4v) is 3.87. The van der Waals surface area contributed by atoms with Crippen LogP contribution in [0, 0.1) is 11.3 Å². The molecule has 1 amide bonds. The molecule has 2 atom stereocenters. The molecule has 118 valence electrons. The Labute approximate surface area is 141 Å². The Hall–Kier alpha value is -1.11. The minimum atomic E-state index is -0.896. The van der Waals surface area contributed by atoms with E-state index in [1.807, 2.05) is 0 Å². The maximum Gasteiger partial charge on any atom is 0.311 e. The topological polar surface area (TPSA) is 66.8 Å². The van der Waals surface area contributed by atoms with Gasteiger partial charge in [0.15, 0.2) is 0 Å². The summed E-state index contributed by atoms with van der Waals surface area (Å²) in [5, 5.41) is 9.99. The summed E-state index contributed by atoms with van der Waals surface area (Å²) in [7, 11) is 0. The van der Waals surface area contributed by atoms with Crippen molar-refractivity contribution in [2.75, 3.05) is 26.3 Å². The Bertz CT molecular complexity index is 638. The number of ether oxygens (including phenoxy) is 1. The highest BCUT2D eigenvalue weighted by molar-refractivity contribution is 9.10. The molecule has 0 spiro atoms. The van der Waals surface area contributed by atoms with Gasteiger partial charge in [-0.1, -0.05) is 17.7 Å². The van der Waals surface area contributed by atoms with Crippen molar-refractivity contribution in [3.05, 3.63) is 33.3 Å². The van der Waals surface area contributed by atoms with Gasteiger partial charge in [-0.15, -0.1) is 0 Å². The van der Waals surface area contributed by atoms with Crippen LogP contribution < -0.4 is 0 Å². The van der Waals surface area contributed by atoms with Crippen LogP contribution in [0.3, 0.4) is 0 Å². The van der Waals surface area contributed by atoms with Gasteiger partial charge in [0.1, 0.15) is 0 Å². The van der Waals surface area contributed by atoms with Gasteiger partial charge in [-0.25, -0.2) is 0 Å². The number of benzene rings is 1. The van der Waals surface area contributed by atoms with E-state index >= 15 is 0 Å². The lowest BCUT2D eigenvalue weighted by atomic mass is 9.74. The predicted octanol–water partition coefficient (Wildman–Crippen LogP) is 2.67. The lowest BCUT2D eigenvalue weighted by Crippen LogP contribution is -2.45. The van der Waals surface area contributed by atoms with Gasteiger partial charge in [0.05, 0.1) is 22.6 Å². The molecule has 5 nitrogen and oxygen atoms in total. The number of halogens is 2. The zero-order valence-electron chi connectivity index (χ0n) is 11.7. The highest BCUT2D eigenvalue weighted by Gasteiger charge is 2.55. The first-order valence-electron chi connectivity index (χ1n) is 7.00. The predicted molar refractivity (Wildman–Crippen MR) is 84.1 cm³/mol. The number of hydrogen-bond donors (Lipinski definition) is 1. The lowest BCUT2D eigenvalue weighted by molar-refractivity contribution is -0.157. The Kier molecular flexibility index (Phi) is 4.18. The number of likely N-dealkylation sites (tertiary alicyclic amines) is 1. The van der Waals surface area contributed by atoms with E-state index in [-0.39, 0.29) is 18.4 Å². The molecule has 0 aliphatic carbocycles. The van der Waals surface area contributed by atoms with Crippen molar-refractivity contribution < 1.29 is 19.4 Å². The first-order valence-corrected chi connectivity index (χ1v) is 8.17. The van der Waals surface area contributed by atoms with Crippen LogP contribution >= 0.6 is 27.5 Å². The molecule has 0 aromatic heterocycles. The number of aliphatic carboxylic acids is 1. The highest BCUT2D eigenvalue weighted by Crippen LogP contribution is 2.43. The number of rotatable bonds is 2. The van der Waals surface area contributed by atoms with Crippen LogP contribution in [-0.4, -0.2) is 48.2 Å². The fourth-order valence-electron chi connectivity index (χ4n) is 3.29. The Morgan fingerprint density at radius 2 is 2.23 bits per heavy atom. The van der Waals surface area contributed by atoms with Gasteiger partial charge in [-0.05, 0) is 34.5 Å². The summed E-state index contributed by atoms with van der Waals surface area (Å²) < 4.78 is 6.05. The van der Waals surface area contributed by atoms with E-state index in [4.69, 9.17) is 16.3 Å². The van der Waals surface area contributed by atoms with Gasteiger partial charge in [-0.2, -0.15) is 0 Å². The second-order valence-electron chi connectivity index (χ2n) is 5.77. The molecule has 0 bridgehead atoms. The van der Waals surface area contributed by atoms with Crippen LogP contribution in [0.5, 0.6) is 0 Å². The average molecular weight is 389 g/mol. The van der Waals surface area contributed by atoms with Crippen molar-refractivity contribution in [3.63, 3.8) is 0 Å². The largest absolute Gasteiger partial charge is 0.481 e. The molecule has 2 aliphatic rings. The van der Waals surface area contributed by atoms with E-state index in [9.17, 15) is 14.7 Å². The third-order valence-corrected chi connectivity index (χ3v) is 5.90. The third-order valence-electron chi connectivity index (χ3n) is 4.60. The number of hydrogen-bond acceptors (Lipinski definition) is 3. The van der Waals surface area contributed by atoms with Crippen LogP contribution in [-0.2, 0) is 9.53 Å². The fraction of sp³-hybridized carbons (Fsp3) is 0.467. The second kappa shape index (κ2) is 5.83. The molecule has 22 heavy (non-hydrogen) atoms. The molecule has 0 unspecified atom stereocenters. The van der Waals surface area contributed by atoms with E-state index in [1.54, 1.807) is 23.1 Å². The lowest BCUT2D eigenvalue weighted by Gasteiger charge is -2.33. The van der Waals surface area contributed by atoms with Gasteiger partial charge in [0, 0.05) is 30.1 Å². The maximum absolute atomic E-state index is 12.7. The van der Waals surface area contributed by atoms with Crippen molar-refractivity contribution in [1.82, 2.24) is 4.90 Å². The SMILES string of the molecule is O=C(c1cccc(Br)c1Cl)N1C[C@H]2COCC[C@@]2(C(=O)O)C1. The minimum Gasteiger partial charge on any atom is -0.481 e. The van der Waals surface area contributed by atoms with Gasteiger partial charge in [-0.3, -0.25) is 9.59 Å². The molecule has 2 fully saturated rings. The van der Waals surface area contributed by atoms with E-state index < -0.39 is 11.4 Å². The van der Waals surface area contributed by atoms with Crippen molar-refractivity contribution >= 4 is 39.4 Å². The van der Waals surface area contributed by atoms with E-state index in [2.05, 4.69) is 15.9 Å². The normalized spacial score (nSPS) is 27.5. The Morgan fingerprint density at radius 1 is 1.45 bits per heavy atom. The Balaban J connectivity index is 1.89. The molecule has 1 aromatic carbocycles. The summed E-state index contributed by atoms with van der Waals surface area (Å²) in [5.41, 5.74) is -0.511. The first-order chi connectivity index (χ1) is 10.5. The van der Waals surface area contributed by atoms with Crippen LogP contribution in [0.1, 0.15) is 16.8 Å². The van der Waals surface area contributed by atoms with Crippen molar-refractivity contribution in [2.24, 2.45) is 11.3 Å². The van der Waals surface area contributed by atoms with Crippen LogP contribution in [0.4, 0.5) is 0 Å². The number of carbonyl (C=O) groups is 2. The summed E-state index contributed by atoms with van der Waals surface area (Å²) in [6.07, 6.45) is 0.434. The van der Waals surface area contributed by atoms with E-state index in [1.165, 1.54) is 0 Å². The number of carboxylic acid groups (broad SMARTS) is 1. The molecule has 2 aliphatic heterocycles. The van der Waals surface area contributed by atoms with Gasteiger partial charge < -0.3 is 14.7 Å². The zero-order valence-corrected chi connectivity index (χ0v) is 14.1. The molecule has 1 aromatic rings. The standard InChI is InChI=1S/C15H15BrClNO4/c16-11-3-1-2-10(12(11)17)13(19)18-6-9-7-22-5-4-15(9,8-18)14(20)21/h1-3,9H,4-8H2,(H,20,21)/t9-,15+/m0/s1. The number of amides is 1. The van der Waals surface area contributed by atoms with Gasteiger partial charge in [0.25, 0.3) is 5.91 Å². The highest BCUT2D eigenvalue weighted by atomic mass is 79.9. The van der Waals surface area contributed by atoms with E-state index in [0.29, 0.717) is 41.2 Å². The number of carbonyl (C=O) groups excluding carboxylic acids is 1. The Morgan fingerprint density at radius 3 is 2.91 bits per heavy atom. The molecular weight excluding hydrogens is 374 g/mol. The first kappa shape index (κ1) is 15.8. The average Bonchev–Trinajstić information content (AvgIpc) is 2.90. The van der Waals surface area contributed by atoms with Crippen LogP contribution in [0.2, 0.25) is 5.02 Å². The molecule has 2 saturated heterocycles. The summed E-state index contributed by atoms with van der Waals surface area (Å²) in [5.74, 6) is -1.26. The van der Waals surface area contributed by atoms with Crippen LogP contribution in [0.25, 0.3) is 0 Å². The number of fused-ring (bicyclic) bond motifs is 1. The summed E-state index contributed by atoms with van der Waals surface area (Å²) in [4.78, 5) is 26.1. The molecule has 0 saturated carbocycles. The van der Waals surface area contributed by atoms with Crippen molar-refractivity contribution in [2.45, 2.75) is 6.42 Å². The molecule has 7 heteroatoms. The van der Waals surface area contributed by atoms with Crippen LogP contribution in [0.15, 0.2) is 22.7 Å². The summed E-state index contributed by atoms with van der Waals surface area (Å²) in [6, 6.07) is 5.15. The molecule has 0 radical (unpaired) electrons. The number of carboxylic acids is 1. The smallest absolute Gasteiger partial charge is 0.311 e. The molecule has 2 heterocycles. The van der Waals surface area contributed by atoms with Gasteiger partial charge >= 0.3 is 5.97 Å². The molecule has 1 N–H and O–H groups in total. The molecule has 3 rings (SSSR count). The third kappa shape index (κ3) is 2.43. The summed E-state index contributed by atoms with van der Waals surface area (Å²) in [6.45, 7) is 1.39. The maximum atomic E-state index is 12.7. The van der Waals surface area contributed by atoms with Crippen molar-refractivity contribution in [1.29, 1.82) is 0 Å². The van der Waals surface area contributed by atoms with Gasteiger partial charge in [0.2, 0.25) is 0 Å².